The van der Waals surface area contributed by atoms with E-state index in [-0.39, 0.29) is 5.78 Å². The summed E-state index contributed by atoms with van der Waals surface area (Å²) in [4.78, 5) is 12.8. The molecule has 0 saturated carbocycles. The lowest BCUT2D eigenvalue weighted by molar-refractivity contribution is 0.104. The second-order valence-corrected chi connectivity index (χ2v) is 5.66. The molecule has 88 valence electrons. The van der Waals surface area contributed by atoms with Gasteiger partial charge in [-0.1, -0.05) is 29.3 Å². The van der Waals surface area contributed by atoms with Gasteiger partial charge in [0.15, 0.2) is 0 Å². The Labute approximate surface area is 113 Å². The largest absolute Gasteiger partial charge is 0.397 e. The summed E-state index contributed by atoms with van der Waals surface area (Å²) in [5.41, 5.74) is 7.39. The Hall–Kier alpha value is -1.03. The van der Waals surface area contributed by atoms with Gasteiger partial charge in [0, 0.05) is 5.56 Å². The molecule has 5 heteroatoms. The second kappa shape index (κ2) is 4.69. The molecule has 0 radical (unpaired) electrons. The third-order valence-corrected chi connectivity index (χ3v) is 4.26. The van der Waals surface area contributed by atoms with Crippen molar-refractivity contribution in [3.05, 3.63) is 49.6 Å². The minimum Gasteiger partial charge on any atom is -0.397 e. The van der Waals surface area contributed by atoms with Gasteiger partial charge in [-0.05, 0) is 30.7 Å². The van der Waals surface area contributed by atoms with Crippen molar-refractivity contribution in [2.75, 3.05) is 5.73 Å². The molecule has 0 bridgehead atoms. The summed E-state index contributed by atoms with van der Waals surface area (Å²) in [7, 11) is 0. The lowest BCUT2D eigenvalue weighted by Gasteiger charge is -2.04. The number of anilines is 1. The molecule has 2 N–H and O–H groups in total. The smallest absolute Gasteiger partial charge is 0.205 e. The Morgan fingerprint density at radius 3 is 2.65 bits per heavy atom. The van der Waals surface area contributed by atoms with Crippen LogP contribution in [0.15, 0.2) is 24.3 Å². The first-order valence-electron chi connectivity index (χ1n) is 4.85. The highest BCUT2D eigenvalue weighted by Crippen LogP contribution is 2.31. The zero-order valence-electron chi connectivity index (χ0n) is 8.96. The molecule has 0 atom stereocenters. The van der Waals surface area contributed by atoms with Gasteiger partial charge in [0.1, 0.15) is 0 Å². The van der Waals surface area contributed by atoms with Crippen LogP contribution < -0.4 is 5.73 Å². The number of hydrogen-bond acceptors (Lipinski definition) is 3. The van der Waals surface area contributed by atoms with Crippen LogP contribution in [0, 0.1) is 6.92 Å². The number of halogens is 2. The standard InChI is InChI=1S/C12H9Cl2NOS/c1-6-5-9(17-12(6)14)11(16)7-3-2-4-8(13)10(7)15/h2-5H,15H2,1H3. The van der Waals surface area contributed by atoms with Crippen molar-refractivity contribution in [3.63, 3.8) is 0 Å². The Morgan fingerprint density at radius 1 is 1.35 bits per heavy atom. The number of rotatable bonds is 2. The number of para-hydroxylation sites is 1. The van der Waals surface area contributed by atoms with Crippen molar-refractivity contribution in [2.24, 2.45) is 0 Å². The highest BCUT2D eigenvalue weighted by molar-refractivity contribution is 7.18. The quantitative estimate of drug-likeness (QED) is 0.665. The maximum atomic E-state index is 12.2. The van der Waals surface area contributed by atoms with Crippen LogP contribution in [0.2, 0.25) is 9.36 Å². The average molecular weight is 286 g/mol. The van der Waals surface area contributed by atoms with E-state index < -0.39 is 0 Å². The van der Waals surface area contributed by atoms with Crippen molar-refractivity contribution in [1.82, 2.24) is 0 Å². The number of ketones is 1. The van der Waals surface area contributed by atoms with E-state index >= 15 is 0 Å². The monoisotopic (exact) mass is 285 g/mol. The first-order chi connectivity index (χ1) is 8.00. The average Bonchev–Trinajstić information content (AvgIpc) is 2.62. The Morgan fingerprint density at radius 2 is 2.06 bits per heavy atom. The Bertz CT molecular complexity index is 573. The number of aryl methyl sites for hydroxylation is 1. The van der Waals surface area contributed by atoms with Crippen LogP contribution in [-0.4, -0.2) is 5.78 Å². The zero-order valence-corrected chi connectivity index (χ0v) is 11.3. The SMILES string of the molecule is Cc1cc(C(=O)c2cccc(Cl)c2N)sc1Cl. The molecule has 2 rings (SSSR count). The molecular weight excluding hydrogens is 277 g/mol. The van der Waals surface area contributed by atoms with Crippen LogP contribution in [0.25, 0.3) is 0 Å². The lowest BCUT2D eigenvalue weighted by Crippen LogP contribution is -2.03. The van der Waals surface area contributed by atoms with Gasteiger partial charge >= 0.3 is 0 Å². The molecule has 0 spiro atoms. The van der Waals surface area contributed by atoms with Gasteiger partial charge in [0.25, 0.3) is 0 Å². The molecule has 17 heavy (non-hydrogen) atoms. The molecule has 0 fully saturated rings. The van der Waals surface area contributed by atoms with Crippen LogP contribution in [0.1, 0.15) is 20.8 Å². The molecular formula is C12H9Cl2NOS. The molecule has 0 aliphatic rings. The highest BCUT2D eigenvalue weighted by Gasteiger charge is 2.17. The molecule has 2 aromatic rings. The molecule has 2 nitrogen and oxygen atoms in total. The van der Waals surface area contributed by atoms with Crippen LogP contribution >= 0.6 is 34.5 Å². The first kappa shape index (κ1) is 12.4. The third kappa shape index (κ3) is 2.32. The van der Waals surface area contributed by atoms with Crippen molar-refractivity contribution in [3.8, 4) is 0 Å². The fraction of sp³-hybridized carbons (Fsp3) is 0.0833. The Balaban J connectivity index is 2.47. The molecule has 0 amide bonds. The summed E-state index contributed by atoms with van der Waals surface area (Å²) in [5.74, 6) is -0.148. The summed E-state index contributed by atoms with van der Waals surface area (Å²) in [6, 6.07) is 6.77. The van der Waals surface area contributed by atoms with Crippen LogP contribution in [0.4, 0.5) is 5.69 Å². The van der Waals surface area contributed by atoms with Crippen molar-refractivity contribution in [2.45, 2.75) is 6.92 Å². The number of nitrogens with two attached hydrogens (primary N) is 1. The minimum atomic E-state index is -0.148. The molecule has 0 unspecified atom stereocenters. The van der Waals surface area contributed by atoms with Crippen LogP contribution in [-0.2, 0) is 0 Å². The number of thiophene rings is 1. The second-order valence-electron chi connectivity index (χ2n) is 3.60. The van der Waals surface area contributed by atoms with Gasteiger partial charge in [-0.2, -0.15) is 0 Å². The summed E-state index contributed by atoms with van der Waals surface area (Å²) in [5, 5.41) is 0.384. The molecule has 0 aliphatic carbocycles. The van der Waals surface area contributed by atoms with E-state index in [4.69, 9.17) is 28.9 Å². The lowest BCUT2D eigenvalue weighted by atomic mass is 10.1. The third-order valence-electron chi connectivity index (χ3n) is 2.38. The summed E-state index contributed by atoms with van der Waals surface area (Å²) in [6.45, 7) is 1.86. The predicted molar refractivity (Wildman–Crippen MR) is 73.4 cm³/mol. The molecule has 1 heterocycles. The summed E-state index contributed by atoms with van der Waals surface area (Å²) < 4.78 is 0.619. The number of hydrogen-bond donors (Lipinski definition) is 1. The van der Waals surface area contributed by atoms with Crippen molar-refractivity contribution in [1.29, 1.82) is 0 Å². The van der Waals surface area contributed by atoms with Gasteiger partial charge in [-0.3, -0.25) is 4.79 Å². The van der Waals surface area contributed by atoms with Gasteiger partial charge in [0.2, 0.25) is 5.78 Å². The van der Waals surface area contributed by atoms with Crippen LogP contribution in [0.5, 0.6) is 0 Å². The number of benzene rings is 1. The van der Waals surface area contributed by atoms with E-state index in [0.29, 0.717) is 25.5 Å². The van der Waals surface area contributed by atoms with E-state index in [1.807, 2.05) is 6.92 Å². The molecule has 0 saturated heterocycles. The van der Waals surface area contributed by atoms with Gasteiger partial charge < -0.3 is 5.73 Å². The normalized spacial score (nSPS) is 10.5. The zero-order chi connectivity index (χ0) is 12.6. The number of carbonyl (C=O) groups excluding carboxylic acids is 1. The van der Waals surface area contributed by atoms with Crippen LogP contribution in [0.3, 0.4) is 0 Å². The molecule has 1 aromatic heterocycles. The summed E-state index contributed by atoms with van der Waals surface area (Å²) in [6.07, 6.45) is 0. The topological polar surface area (TPSA) is 43.1 Å². The molecule has 0 aliphatic heterocycles. The number of nitrogen functional groups attached to an aromatic ring is 1. The van der Waals surface area contributed by atoms with Crippen molar-refractivity contribution >= 4 is 46.0 Å². The van der Waals surface area contributed by atoms with Gasteiger partial charge in [0.05, 0.1) is 19.9 Å². The maximum absolute atomic E-state index is 12.2. The first-order valence-corrected chi connectivity index (χ1v) is 6.42. The van der Waals surface area contributed by atoms with E-state index in [1.54, 1.807) is 24.3 Å². The number of carbonyl (C=O) groups is 1. The minimum absolute atomic E-state index is 0.148. The fourth-order valence-electron chi connectivity index (χ4n) is 1.44. The maximum Gasteiger partial charge on any atom is 0.205 e. The molecule has 1 aromatic carbocycles. The Kier molecular flexibility index (Phi) is 3.43. The van der Waals surface area contributed by atoms with Gasteiger partial charge in [-0.15, -0.1) is 11.3 Å². The van der Waals surface area contributed by atoms with E-state index in [1.165, 1.54) is 11.3 Å². The predicted octanol–water partition coefficient (Wildman–Crippen LogP) is 4.18. The van der Waals surface area contributed by atoms with Crippen molar-refractivity contribution < 1.29 is 4.79 Å². The fourth-order valence-corrected chi connectivity index (χ4v) is 2.77. The highest BCUT2D eigenvalue weighted by atomic mass is 35.5. The summed E-state index contributed by atoms with van der Waals surface area (Å²) >= 11 is 13.1. The van der Waals surface area contributed by atoms with Gasteiger partial charge in [-0.25, -0.2) is 0 Å². The van der Waals surface area contributed by atoms with E-state index in [0.717, 1.165) is 5.56 Å². The van der Waals surface area contributed by atoms with E-state index in [2.05, 4.69) is 0 Å². The van der Waals surface area contributed by atoms with E-state index in [9.17, 15) is 4.79 Å².